The molecule has 62 heavy (non-hydrogen) atoms. The molecule has 0 saturated carbocycles. The van der Waals surface area contributed by atoms with Gasteiger partial charge in [0, 0.05) is 40.0 Å². The minimum atomic E-state index is 0.000927. The maximum atomic E-state index is 5.51. The lowest BCUT2D eigenvalue weighted by atomic mass is 9.80. The Balaban J connectivity index is 0.924. The Morgan fingerprint density at radius 2 is 1.42 bits per heavy atom. The second-order valence-electron chi connectivity index (χ2n) is 17.3. The Morgan fingerprint density at radius 3 is 2.24 bits per heavy atom. The normalized spacial score (nSPS) is 25.8. The highest BCUT2D eigenvalue weighted by Gasteiger charge is 2.32. The summed E-state index contributed by atoms with van der Waals surface area (Å²) in [7, 11) is 0. The molecule has 2 aliphatic heterocycles. The lowest BCUT2D eigenvalue weighted by molar-refractivity contribution is 0.352. The number of nitrogens with zero attached hydrogens (tertiary/aromatic N) is 3. The molecule has 0 amide bonds. The van der Waals surface area contributed by atoms with E-state index in [1.54, 1.807) is 0 Å². The van der Waals surface area contributed by atoms with Crippen LogP contribution in [0.3, 0.4) is 0 Å². The first-order valence-corrected chi connectivity index (χ1v) is 22.4. The summed E-state index contributed by atoms with van der Waals surface area (Å²) in [4.78, 5) is 7.99. The zero-order valence-electron chi connectivity index (χ0n) is 35.1. The van der Waals surface area contributed by atoms with Gasteiger partial charge in [-0.25, -0.2) is 0 Å². The van der Waals surface area contributed by atoms with Gasteiger partial charge >= 0.3 is 0 Å². The Kier molecular flexibility index (Phi) is 10.1. The van der Waals surface area contributed by atoms with Gasteiger partial charge in [0.1, 0.15) is 0 Å². The third kappa shape index (κ3) is 7.02. The second kappa shape index (κ2) is 16.5. The number of para-hydroxylation sites is 2. The minimum Gasteiger partial charge on any atom is -0.340 e. The quantitative estimate of drug-likeness (QED) is 0.161. The van der Waals surface area contributed by atoms with Crippen molar-refractivity contribution in [3.63, 3.8) is 0 Å². The third-order valence-electron chi connectivity index (χ3n) is 13.5. The van der Waals surface area contributed by atoms with Crippen molar-refractivity contribution in [1.82, 2.24) is 9.47 Å². The molecule has 0 fully saturated rings. The smallest absolute Gasteiger partial charge is 0.0799 e. The first-order chi connectivity index (χ1) is 30.7. The molecule has 302 valence electrons. The highest BCUT2D eigenvalue weighted by atomic mass is 15.2. The molecule has 3 heterocycles. The zero-order valence-corrected chi connectivity index (χ0v) is 35.1. The monoisotopic (exact) mass is 801 g/mol. The predicted octanol–water partition coefficient (Wildman–Crippen LogP) is 14.2. The van der Waals surface area contributed by atoms with E-state index >= 15 is 0 Å². The van der Waals surface area contributed by atoms with E-state index in [0.717, 1.165) is 49.0 Å². The van der Waals surface area contributed by atoms with Gasteiger partial charge in [0.25, 0.3) is 0 Å². The van der Waals surface area contributed by atoms with Crippen LogP contribution in [0.4, 0.5) is 0 Å². The fourth-order valence-electron chi connectivity index (χ4n) is 10.5. The molecule has 6 aliphatic rings. The number of hydrogen-bond acceptors (Lipinski definition) is 2. The molecule has 11 rings (SSSR count). The summed E-state index contributed by atoms with van der Waals surface area (Å²) in [5.41, 5.74) is 15.0. The number of rotatable bonds is 7. The van der Waals surface area contributed by atoms with Gasteiger partial charge in [-0.15, -0.1) is 0 Å². The molecule has 0 saturated heterocycles. The van der Waals surface area contributed by atoms with Crippen LogP contribution >= 0.6 is 0 Å². The molecule has 1 aromatic heterocycles. The first kappa shape index (κ1) is 38.0. The average molecular weight is 802 g/mol. The molecule has 0 spiro atoms. The molecule has 4 aromatic carbocycles. The SMILES string of the molecule is C=C1/C=C(C2=CCCC=C2C2CC(c3ccccc3)=CC(c3ccccc3)=N2)\C=C/N(C2=CCC(c3cccc4c5ccccc5n(C5C=CC=CC5)c34)C=C2)C2C=CC=CC12. The largest absolute Gasteiger partial charge is 0.340 e. The molecule has 3 heteroatoms. The van der Waals surface area contributed by atoms with Crippen molar-refractivity contribution in [2.24, 2.45) is 10.9 Å². The summed E-state index contributed by atoms with van der Waals surface area (Å²) in [6.45, 7) is 4.76. The molecular formula is C59H51N3. The summed E-state index contributed by atoms with van der Waals surface area (Å²) in [6, 6.07) is 37.7. The summed E-state index contributed by atoms with van der Waals surface area (Å²) < 4.78 is 2.60. The van der Waals surface area contributed by atoms with Gasteiger partial charge in [0.2, 0.25) is 0 Å². The standard InChI is InChI=1S/C59H51N3/c1-41-38-45(50-25-11-12-26-52(50)56-40-46(42-18-5-2-6-19-42)39-55(60-56)44-20-7-3-8-21-44)36-37-61(57-30-15-13-24-49(41)57)47-34-32-43(33-35-47)51-28-17-29-54-53-27-14-16-31-58(53)62(59(51)54)48-22-9-4-10-23-48/h2-10,13-22,24-32,34-39,43,48-49,56-57H,1,11-12,23,33,40H2/b37-36-,45-38+. The lowest BCUT2D eigenvalue weighted by Gasteiger charge is -2.38. The van der Waals surface area contributed by atoms with Gasteiger partial charge in [-0.1, -0.05) is 183 Å². The van der Waals surface area contributed by atoms with Gasteiger partial charge in [0.05, 0.1) is 29.4 Å². The van der Waals surface area contributed by atoms with E-state index in [0.29, 0.717) is 6.04 Å². The molecule has 0 radical (unpaired) electrons. The Morgan fingerprint density at radius 1 is 0.645 bits per heavy atom. The van der Waals surface area contributed by atoms with E-state index in [9.17, 15) is 0 Å². The molecule has 5 aromatic rings. The molecule has 5 unspecified atom stereocenters. The molecule has 0 N–H and O–H groups in total. The number of fused-ring (bicyclic) bond motifs is 4. The Hall–Kier alpha value is -6.97. The molecular weight excluding hydrogens is 751 g/mol. The van der Waals surface area contributed by atoms with Crippen LogP contribution in [0.1, 0.15) is 60.8 Å². The van der Waals surface area contributed by atoms with Gasteiger partial charge in [0.15, 0.2) is 0 Å². The van der Waals surface area contributed by atoms with Crippen LogP contribution in [-0.2, 0) is 0 Å². The molecule has 5 atom stereocenters. The lowest BCUT2D eigenvalue weighted by Crippen LogP contribution is -2.36. The zero-order chi connectivity index (χ0) is 41.4. The van der Waals surface area contributed by atoms with Crippen molar-refractivity contribution in [1.29, 1.82) is 0 Å². The van der Waals surface area contributed by atoms with Crippen molar-refractivity contribution in [3.05, 3.63) is 258 Å². The van der Waals surface area contributed by atoms with Crippen molar-refractivity contribution in [2.75, 3.05) is 0 Å². The van der Waals surface area contributed by atoms with Gasteiger partial charge in [-0.05, 0) is 101 Å². The molecule has 3 nitrogen and oxygen atoms in total. The number of aliphatic imine (C=N–C) groups is 1. The van der Waals surface area contributed by atoms with E-state index in [4.69, 9.17) is 11.6 Å². The number of benzene rings is 4. The number of hydrogen-bond donors (Lipinski definition) is 0. The number of dihydropyridines is 1. The second-order valence-corrected chi connectivity index (χ2v) is 17.3. The number of aromatic nitrogens is 1. The van der Waals surface area contributed by atoms with Crippen LogP contribution in [0.5, 0.6) is 0 Å². The van der Waals surface area contributed by atoms with Crippen LogP contribution in [0.2, 0.25) is 0 Å². The van der Waals surface area contributed by atoms with Crippen LogP contribution < -0.4 is 0 Å². The van der Waals surface area contributed by atoms with Gasteiger partial charge in [-0.3, -0.25) is 4.99 Å². The van der Waals surface area contributed by atoms with Crippen molar-refractivity contribution in [3.8, 4) is 0 Å². The topological polar surface area (TPSA) is 20.5 Å². The summed E-state index contributed by atoms with van der Waals surface area (Å²) in [5.74, 6) is 0.401. The van der Waals surface area contributed by atoms with Crippen LogP contribution in [0.25, 0.3) is 27.4 Å². The van der Waals surface area contributed by atoms with E-state index in [1.165, 1.54) is 60.9 Å². The number of allylic oxidation sites excluding steroid dienone is 15. The van der Waals surface area contributed by atoms with Gasteiger partial charge in [-0.2, -0.15) is 0 Å². The summed E-state index contributed by atoms with van der Waals surface area (Å²) in [5, 5.41) is 2.66. The molecule has 4 aliphatic carbocycles. The summed E-state index contributed by atoms with van der Waals surface area (Å²) >= 11 is 0. The van der Waals surface area contributed by atoms with E-state index in [2.05, 4.69) is 216 Å². The van der Waals surface area contributed by atoms with Crippen LogP contribution in [-0.4, -0.2) is 27.3 Å². The van der Waals surface area contributed by atoms with E-state index < -0.39 is 0 Å². The average Bonchev–Trinajstić information content (AvgIpc) is 3.69. The Labute approximate surface area is 365 Å². The van der Waals surface area contributed by atoms with E-state index in [1.807, 2.05) is 0 Å². The summed E-state index contributed by atoms with van der Waals surface area (Å²) in [6.07, 6.45) is 44.4. The van der Waals surface area contributed by atoms with Crippen LogP contribution in [0, 0.1) is 5.92 Å². The van der Waals surface area contributed by atoms with Crippen LogP contribution in [0.15, 0.2) is 246 Å². The van der Waals surface area contributed by atoms with Crippen molar-refractivity contribution < 1.29 is 0 Å². The minimum absolute atomic E-state index is 0.000927. The fourth-order valence-corrected chi connectivity index (χ4v) is 10.5. The fraction of sp³-hybridized carbons (Fsp3) is 0.169. The molecule has 0 bridgehead atoms. The maximum Gasteiger partial charge on any atom is 0.0799 e. The maximum absolute atomic E-state index is 5.51. The van der Waals surface area contributed by atoms with Gasteiger partial charge < -0.3 is 9.47 Å². The highest BCUT2D eigenvalue weighted by molar-refractivity contribution is 6.13. The van der Waals surface area contributed by atoms with Crippen molar-refractivity contribution in [2.45, 2.75) is 56.1 Å². The van der Waals surface area contributed by atoms with E-state index in [-0.39, 0.29) is 23.9 Å². The Bertz CT molecular complexity index is 2960. The first-order valence-electron chi connectivity index (χ1n) is 22.4. The predicted molar refractivity (Wildman–Crippen MR) is 261 cm³/mol. The highest BCUT2D eigenvalue weighted by Crippen LogP contribution is 2.43. The van der Waals surface area contributed by atoms with Crippen molar-refractivity contribution >= 4 is 33.1 Å². The third-order valence-corrected chi connectivity index (χ3v) is 13.5.